The molecule has 0 unspecified atom stereocenters. The van der Waals surface area contributed by atoms with Crippen molar-refractivity contribution in [1.82, 2.24) is 0 Å². The zero-order valence-electron chi connectivity index (χ0n) is 12.3. The van der Waals surface area contributed by atoms with Gasteiger partial charge in [0.2, 0.25) is 0 Å². The molecule has 0 nitrogen and oxygen atoms in total. The zero-order chi connectivity index (χ0) is 14.7. The van der Waals surface area contributed by atoms with Crippen molar-refractivity contribution in [1.29, 1.82) is 0 Å². The Hall–Kier alpha value is -2.15. The number of aryl methyl sites for hydroxylation is 1. The zero-order valence-corrected chi connectivity index (χ0v) is 12.3. The Morgan fingerprint density at radius 2 is 1.52 bits per heavy atom. The molecule has 0 amide bonds. The van der Waals surface area contributed by atoms with Crippen LogP contribution in [0.1, 0.15) is 25.3 Å². The van der Waals surface area contributed by atoms with E-state index in [1.54, 1.807) is 6.07 Å². The summed E-state index contributed by atoms with van der Waals surface area (Å²) in [6.45, 7) is 2.16. The Labute approximate surface area is 125 Å². The second-order valence-corrected chi connectivity index (χ2v) is 5.41. The van der Waals surface area contributed by atoms with E-state index in [1.165, 1.54) is 5.39 Å². The van der Waals surface area contributed by atoms with E-state index >= 15 is 0 Å². The van der Waals surface area contributed by atoms with Gasteiger partial charge in [-0.25, -0.2) is 4.39 Å². The maximum Gasteiger partial charge on any atom is 0.131 e. The molecular formula is C20H19F. The Bertz CT molecular complexity index is 744. The summed E-state index contributed by atoms with van der Waals surface area (Å²) in [6.07, 6.45) is 3.15. The summed E-state index contributed by atoms with van der Waals surface area (Å²) >= 11 is 0. The molecule has 21 heavy (non-hydrogen) atoms. The van der Waals surface area contributed by atoms with Gasteiger partial charge in [-0.05, 0) is 40.8 Å². The predicted octanol–water partition coefficient (Wildman–Crippen LogP) is 5.99. The first-order valence-corrected chi connectivity index (χ1v) is 7.57. The van der Waals surface area contributed by atoms with Crippen LogP contribution in [0.15, 0.2) is 60.7 Å². The van der Waals surface area contributed by atoms with Crippen molar-refractivity contribution in [3.63, 3.8) is 0 Å². The lowest BCUT2D eigenvalue weighted by Crippen LogP contribution is -1.94. The first-order chi connectivity index (χ1) is 10.3. The maximum absolute atomic E-state index is 14.7. The molecule has 0 aliphatic rings. The van der Waals surface area contributed by atoms with Crippen molar-refractivity contribution in [2.45, 2.75) is 26.2 Å². The molecule has 0 saturated carbocycles. The SMILES string of the molecule is CCCCc1cc(F)c(-c2ccccc2)c2ccccc12. The van der Waals surface area contributed by atoms with Crippen LogP contribution in [0.3, 0.4) is 0 Å². The van der Waals surface area contributed by atoms with Crippen LogP contribution in [0.4, 0.5) is 4.39 Å². The van der Waals surface area contributed by atoms with Crippen molar-refractivity contribution < 1.29 is 4.39 Å². The van der Waals surface area contributed by atoms with Gasteiger partial charge < -0.3 is 0 Å². The molecule has 0 radical (unpaired) electrons. The van der Waals surface area contributed by atoms with Gasteiger partial charge >= 0.3 is 0 Å². The van der Waals surface area contributed by atoms with Crippen LogP contribution >= 0.6 is 0 Å². The molecule has 3 aromatic carbocycles. The fourth-order valence-electron chi connectivity index (χ4n) is 2.88. The van der Waals surface area contributed by atoms with E-state index in [1.807, 2.05) is 48.5 Å². The monoisotopic (exact) mass is 278 g/mol. The molecule has 0 saturated heterocycles. The van der Waals surface area contributed by atoms with Crippen molar-refractivity contribution in [2.24, 2.45) is 0 Å². The van der Waals surface area contributed by atoms with Gasteiger partial charge in [0.05, 0.1) is 0 Å². The van der Waals surface area contributed by atoms with E-state index in [0.29, 0.717) is 5.56 Å². The number of halogens is 1. The summed E-state index contributed by atoms with van der Waals surface area (Å²) in [5, 5.41) is 2.18. The summed E-state index contributed by atoms with van der Waals surface area (Å²) in [7, 11) is 0. The van der Waals surface area contributed by atoms with Crippen LogP contribution in [0, 0.1) is 5.82 Å². The average Bonchev–Trinajstić information content (AvgIpc) is 2.53. The Morgan fingerprint density at radius 1 is 0.857 bits per heavy atom. The highest BCUT2D eigenvalue weighted by Gasteiger charge is 2.13. The molecule has 1 heteroatoms. The van der Waals surface area contributed by atoms with Crippen molar-refractivity contribution >= 4 is 10.8 Å². The topological polar surface area (TPSA) is 0 Å². The van der Waals surface area contributed by atoms with Crippen molar-refractivity contribution in [3.8, 4) is 11.1 Å². The van der Waals surface area contributed by atoms with Crippen LogP contribution in [-0.4, -0.2) is 0 Å². The number of fused-ring (bicyclic) bond motifs is 1. The summed E-state index contributed by atoms with van der Waals surface area (Å²) in [4.78, 5) is 0. The first-order valence-electron chi connectivity index (χ1n) is 7.57. The van der Waals surface area contributed by atoms with Crippen LogP contribution in [-0.2, 0) is 6.42 Å². The minimum Gasteiger partial charge on any atom is -0.206 e. The third-order valence-corrected chi connectivity index (χ3v) is 3.94. The molecule has 0 atom stereocenters. The van der Waals surface area contributed by atoms with E-state index in [-0.39, 0.29) is 5.82 Å². The van der Waals surface area contributed by atoms with E-state index < -0.39 is 0 Å². The van der Waals surface area contributed by atoms with Crippen molar-refractivity contribution in [2.75, 3.05) is 0 Å². The third kappa shape index (κ3) is 2.69. The molecule has 0 heterocycles. The highest BCUT2D eigenvalue weighted by Crippen LogP contribution is 2.34. The Kier molecular flexibility index (Phi) is 4.01. The lowest BCUT2D eigenvalue weighted by atomic mass is 9.92. The van der Waals surface area contributed by atoms with Gasteiger partial charge in [-0.1, -0.05) is 67.9 Å². The van der Waals surface area contributed by atoms with Gasteiger partial charge in [0, 0.05) is 5.56 Å². The minimum atomic E-state index is -0.119. The molecule has 3 aromatic rings. The van der Waals surface area contributed by atoms with Gasteiger partial charge in [-0.15, -0.1) is 0 Å². The van der Waals surface area contributed by atoms with E-state index in [2.05, 4.69) is 13.0 Å². The average molecular weight is 278 g/mol. The fourth-order valence-corrected chi connectivity index (χ4v) is 2.88. The van der Waals surface area contributed by atoms with Gasteiger partial charge in [0.25, 0.3) is 0 Å². The smallest absolute Gasteiger partial charge is 0.131 e. The number of unbranched alkanes of at least 4 members (excludes halogenated alkanes) is 1. The first kappa shape index (κ1) is 13.8. The van der Waals surface area contributed by atoms with E-state index in [4.69, 9.17) is 0 Å². The Morgan fingerprint density at radius 3 is 2.24 bits per heavy atom. The van der Waals surface area contributed by atoms with Gasteiger partial charge in [-0.2, -0.15) is 0 Å². The molecular weight excluding hydrogens is 259 g/mol. The third-order valence-electron chi connectivity index (χ3n) is 3.94. The van der Waals surface area contributed by atoms with Crippen LogP contribution in [0.2, 0.25) is 0 Å². The predicted molar refractivity (Wildman–Crippen MR) is 88.0 cm³/mol. The second kappa shape index (κ2) is 6.09. The number of hydrogen-bond acceptors (Lipinski definition) is 0. The highest BCUT2D eigenvalue weighted by atomic mass is 19.1. The largest absolute Gasteiger partial charge is 0.206 e. The lowest BCUT2D eigenvalue weighted by Gasteiger charge is -2.13. The van der Waals surface area contributed by atoms with Crippen molar-refractivity contribution in [3.05, 3.63) is 72.0 Å². The molecule has 106 valence electrons. The molecule has 0 bridgehead atoms. The minimum absolute atomic E-state index is 0.119. The molecule has 3 rings (SSSR count). The maximum atomic E-state index is 14.7. The number of benzene rings is 3. The van der Waals surface area contributed by atoms with Gasteiger partial charge in [-0.3, -0.25) is 0 Å². The Balaban J connectivity index is 2.25. The van der Waals surface area contributed by atoms with Gasteiger partial charge in [0.15, 0.2) is 0 Å². The summed E-state index contributed by atoms with van der Waals surface area (Å²) in [5.41, 5.74) is 2.77. The second-order valence-electron chi connectivity index (χ2n) is 5.41. The van der Waals surface area contributed by atoms with Crippen LogP contribution < -0.4 is 0 Å². The highest BCUT2D eigenvalue weighted by molar-refractivity contribution is 5.98. The quantitative estimate of drug-likeness (QED) is 0.550. The molecule has 0 aliphatic heterocycles. The molecule has 0 spiro atoms. The number of rotatable bonds is 4. The van der Waals surface area contributed by atoms with Crippen LogP contribution in [0.5, 0.6) is 0 Å². The summed E-state index contributed by atoms with van der Waals surface area (Å²) in [5.74, 6) is -0.119. The fraction of sp³-hybridized carbons (Fsp3) is 0.200. The molecule has 0 N–H and O–H groups in total. The van der Waals surface area contributed by atoms with Crippen LogP contribution in [0.25, 0.3) is 21.9 Å². The molecule has 0 fully saturated rings. The van der Waals surface area contributed by atoms with E-state index in [0.717, 1.165) is 35.8 Å². The summed E-state index contributed by atoms with van der Waals surface area (Å²) in [6, 6.07) is 19.7. The standard InChI is InChI=1S/C20H19F/c1-2-3-9-16-14-19(21)20(15-10-5-4-6-11-15)18-13-8-7-12-17(16)18/h4-8,10-14H,2-3,9H2,1H3. The molecule has 0 aliphatic carbocycles. The molecule has 0 aromatic heterocycles. The summed E-state index contributed by atoms with van der Waals surface area (Å²) < 4.78 is 14.7. The van der Waals surface area contributed by atoms with E-state index in [9.17, 15) is 4.39 Å². The lowest BCUT2D eigenvalue weighted by molar-refractivity contribution is 0.630. The van der Waals surface area contributed by atoms with Gasteiger partial charge in [0.1, 0.15) is 5.82 Å². The number of hydrogen-bond donors (Lipinski definition) is 0. The normalized spacial score (nSPS) is 11.0.